The van der Waals surface area contributed by atoms with Gasteiger partial charge in [-0.15, -0.1) is 0 Å². The molecule has 2 heterocycles. The highest BCUT2D eigenvalue weighted by Crippen LogP contribution is 2.28. The molecule has 0 bridgehead atoms. The van der Waals surface area contributed by atoms with E-state index in [1.54, 1.807) is 0 Å². The Morgan fingerprint density at radius 3 is 2.53 bits per heavy atom. The van der Waals surface area contributed by atoms with Gasteiger partial charge in [-0.2, -0.15) is 0 Å². The average Bonchev–Trinajstić information content (AvgIpc) is 2.13. The topological polar surface area (TPSA) is 44.7 Å². The lowest BCUT2D eigenvalue weighted by Crippen LogP contribution is -2.67. The predicted molar refractivity (Wildman–Crippen MR) is 58.9 cm³/mol. The lowest BCUT2D eigenvalue weighted by molar-refractivity contribution is -0.142. The number of ether oxygens (including phenoxy) is 1. The van der Waals surface area contributed by atoms with Gasteiger partial charge in [0.2, 0.25) is 0 Å². The number of hydrogen-bond acceptors (Lipinski definition) is 4. The summed E-state index contributed by atoms with van der Waals surface area (Å²) in [6, 6.07) is 0. The number of β-amino-alcohol motifs (C(OH)–C–C–N with tert-alkyl or cyclic N) is 1. The van der Waals surface area contributed by atoms with Crippen molar-refractivity contribution >= 4 is 0 Å². The first-order valence-electron chi connectivity index (χ1n) is 5.79. The van der Waals surface area contributed by atoms with Crippen molar-refractivity contribution in [3.8, 4) is 0 Å². The van der Waals surface area contributed by atoms with Crippen LogP contribution < -0.4 is 5.32 Å². The van der Waals surface area contributed by atoms with Crippen molar-refractivity contribution in [2.24, 2.45) is 0 Å². The van der Waals surface area contributed by atoms with Gasteiger partial charge in [-0.05, 0) is 20.8 Å². The molecule has 0 aromatic rings. The summed E-state index contributed by atoms with van der Waals surface area (Å²) in [4.78, 5) is 2.29. The number of aliphatic hydroxyl groups excluding tert-OH is 1. The lowest BCUT2D eigenvalue weighted by Gasteiger charge is -2.52. The second-order valence-corrected chi connectivity index (χ2v) is 5.31. The molecule has 4 heteroatoms. The molecule has 2 atom stereocenters. The van der Waals surface area contributed by atoms with Crippen LogP contribution in [-0.4, -0.2) is 60.0 Å². The van der Waals surface area contributed by atoms with Crippen LogP contribution in [0.2, 0.25) is 0 Å². The zero-order valence-corrected chi connectivity index (χ0v) is 9.86. The second kappa shape index (κ2) is 4.01. The molecule has 15 heavy (non-hydrogen) atoms. The Morgan fingerprint density at radius 1 is 1.33 bits per heavy atom. The van der Waals surface area contributed by atoms with Gasteiger partial charge < -0.3 is 15.2 Å². The first-order valence-corrected chi connectivity index (χ1v) is 5.79. The molecule has 2 saturated heterocycles. The fourth-order valence-corrected chi connectivity index (χ4v) is 2.34. The van der Waals surface area contributed by atoms with Crippen molar-refractivity contribution in [2.45, 2.75) is 44.6 Å². The maximum Gasteiger partial charge on any atom is 0.0881 e. The first-order chi connectivity index (χ1) is 7.00. The van der Waals surface area contributed by atoms with E-state index < -0.39 is 0 Å². The molecule has 2 rings (SSSR count). The number of nitrogens with zero attached hydrogens (tertiary/aromatic N) is 1. The molecule has 2 N–H and O–H groups in total. The largest absolute Gasteiger partial charge is 0.390 e. The van der Waals surface area contributed by atoms with Crippen LogP contribution >= 0.6 is 0 Å². The fraction of sp³-hybridized carbons (Fsp3) is 1.00. The Labute approximate surface area is 91.6 Å². The summed E-state index contributed by atoms with van der Waals surface area (Å²) in [6.07, 6.45) is 0.362. The molecule has 1 unspecified atom stereocenters. The van der Waals surface area contributed by atoms with Crippen molar-refractivity contribution in [2.75, 3.05) is 26.2 Å². The van der Waals surface area contributed by atoms with Gasteiger partial charge in [-0.1, -0.05) is 0 Å². The van der Waals surface area contributed by atoms with Gasteiger partial charge in [0.25, 0.3) is 0 Å². The molecule has 0 aliphatic carbocycles. The minimum Gasteiger partial charge on any atom is -0.390 e. The molecule has 0 saturated carbocycles. The van der Waals surface area contributed by atoms with E-state index in [0.717, 1.165) is 26.2 Å². The van der Waals surface area contributed by atoms with E-state index in [1.165, 1.54) is 0 Å². The fourth-order valence-electron chi connectivity index (χ4n) is 2.34. The molecule has 2 aliphatic heterocycles. The maximum absolute atomic E-state index is 9.33. The maximum atomic E-state index is 9.33. The van der Waals surface area contributed by atoms with Crippen molar-refractivity contribution < 1.29 is 9.84 Å². The summed E-state index contributed by atoms with van der Waals surface area (Å²) in [6.45, 7) is 9.90. The van der Waals surface area contributed by atoms with Crippen molar-refractivity contribution in [3.05, 3.63) is 0 Å². The van der Waals surface area contributed by atoms with Crippen LogP contribution in [0.25, 0.3) is 0 Å². The molecule has 0 amide bonds. The number of nitrogens with one attached hydrogen (secondary N) is 1. The summed E-state index contributed by atoms with van der Waals surface area (Å²) >= 11 is 0. The van der Waals surface area contributed by atoms with E-state index in [1.807, 2.05) is 0 Å². The highest BCUT2D eigenvalue weighted by atomic mass is 16.5. The predicted octanol–water partition coefficient (Wildman–Crippen LogP) is -0.182. The molecule has 0 aromatic carbocycles. The van der Waals surface area contributed by atoms with Crippen LogP contribution in [0.1, 0.15) is 20.8 Å². The smallest absolute Gasteiger partial charge is 0.0881 e. The number of morpholine rings is 1. The summed E-state index contributed by atoms with van der Waals surface area (Å²) < 4.78 is 5.96. The molecule has 0 spiro atoms. The Kier molecular flexibility index (Phi) is 3.03. The number of aliphatic hydroxyl groups is 1. The van der Waals surface area contributed by atoms with Gasteiger partial charge >= 0.3 is 0 Å². The summed E-state index contributed by atoms with van der Waals surface area (Å²) in [5.74, 6) is 0. The molecular weight excluding hydrogens is 192 g/mol. The minimum atomic E-state index is -0.141. The highest BCUT2D eigenvalue weighted by molar-refractivity contribution is 4.98. The molecule has 2 fully saturated rings. The first kappa shape index (κ1) is 11.3. The molecule has 0 radical (unpaired) electrons. The Hall–Kier alpha value is -0.160. The third-order valence-corrected chi connectivity index (χ3v) is 3.62. The Balaban J connectivity index is 1.95. The number of hydrogen-bond donors (Lipinski definition) is 2. The lowest BCUT2D eigenvalue weighted by atomic mass is 9.89. The number of likely N-dealkylation sites (tertiary alicyclic amines) is 1. The van der Waals surface area contributed by atoms with E-state index in [2.05, 4.69) is 31.0 Å². The summed E-state index contributed by atoms with van der Waals surface area (Å²) in [5.41, 5.74) is 0.0148. The van der Waals surface area contributed by atoms with Crippen LogP contribution in [-0.2, 0) is 4.74 Å². The second-order valence-electron chi connectivity index (χ2n) is 5.31. The van der Waals surface area contributed by atoms with Gasteiger partial charge in [-0.25, -0.2) is 0 Å². The van der Waals surface area contributed by atoms with Crippen molar-refractivity contribution in [3.63, 3.8) is 0 Å². The van der Waals surface area contributed by atoms with Crippen LogP contribution in [0.3, 0.4) is 0 Å². The third kappa shape index (κ3) is 2.18. The zero-order valence-electron chi connectivity index (χ0n) is 9.86. The van der Waals surface area contributed by atoms with Crippen molar-refractivity contribution in [1.82, 2.24) is 10.2 Å². The van der Waals surface area contributed by atoms with E-state index in [4.69, 9.17) is 4.74 Å². The van der Waals surface area contributed by atoms with Crippen molar-refractivity contribution in [1.29, 1.82) is 0 Å². The van der Waals surface area contributed by atoms with Gasteiger partial charge in [-0.3, -0.25) is 4.90 Å². The van der Waals surface area contributed by atoms with Crippen LogP contribution in [0.4, 0.5) is 0 Å². The molecule has 0 aromatic heterocycles. The monoisotopic (exact) mass is 214 g/mol. The SMILES string of the molecule is C[C@@H]1CNCC(C(C)(C)N2CC(O)C2)O1. The standard InChI is InChI=1S/C11H22N2O2/c1-8-4-12-5-10(15-8)11(2,3)13-6-9(14)7-13/h8-10,12,14H,4-7H2,1-3H3/t8-,10?/m1/s1. The highest BCUT2D eigenvalue weighted by Gasteiger charge is 2.43. The molecule has 4 nitrogen and oxygen atoms in total. The van der Waals surface area contributed by atoms with Crippen LogP contribution in [0, 0.1) is 0 Å². The van der Waals surface area contributed by atoms with Gasteiger partial charge in [0.05, 0.1) is 18.3 Å². The molecule has 88 valence electrons. The number of rotatable bonds is 2. The Morgan fingerprint density at radius 2 is 2.00 bits per heavy atom. The van der Waals surface area contributed by atoms with E-state index in [-0.39, 0.29) is 23.9 Å². The summed E-state index contributed by atoms with van der Waals surface area (Å²) in [5, 5.41) is 12.7. The normalized spacial score (nSPS) is 35.2. The van der Waals surface area contributed by atoms with E-state index >= 15 is 0 Å². The van der Waals surface area contributed by atoms with Gasteiger partial charge in [0.15, 0.2) is 0 Å². The average molecular weight is 214 g/mol. The third-order valence-electron chi connectivity index (χ3n) is 3.62. The van der Waals surface area contributed by atoms with Gasteiger partial charge in [0, 0.05) is 31.7 Å². The van der Waals surface area contributed by atoms with Crippen LogP contribution in [0.5, 0.6) is 0 Å². The van der Waals surface area contributed by atoms with Gasteiger partial charge in [0.1, 0.15) is 0 Å². The summed E-state index contributed by atoms with van der Waals surface area (Å²) in [7, 11) is 0. The molecular formula is C11H22N2O2. The quantitative estimate of drug-likeness (QED) is 0.669. The molecule has 2 aliphatic rings. The zero-order chi connectivity index (χ0) is 11.1. The van der Waals surface area contributed by atoms with E-state index in [9.17, 15) is 5.11 Å². The minimum absolute atomic E-state index is 0.0148. The van der Waals surface area contributed by atoms with E-state index in [0.29, 0.717) is 0 Å². The van der Waals surface area contributed by atoms with Crippen LogP contribution in [0.15, 0.2) is 0 Å². The Bertz CT molecular complexity index is 227.